The Morgan fingerprint density at radius 3 is 2.64 bits per heavy atom. The first kappa shape index (κ1) is 24.3. The summed E-state index contributed by atoms with van der Waals surface area (Å²) >= 11 is 0. The molecule has 1 atom stereocenters. The van der Waals surface area contributed by atoms with Crippen LogP contribution in [0, 0.1) is 5.92 Å². The number of nitrogens with one attached hydrogen (secondary N) is 2. The number of unbranched alkanes of at least 4 members (excludes halogenated alkanes) is 1. The predicted molar refractivity (Wildman–Crippen MR) is 132 cm³/mol. The zero-order valence-corrected chi connectivity index (χ0v) is 19.4. The Morgan fingerprint density at radius 2 is 1.91 bits per heavy atom. The lowest BCUT2D eigenvalue weighted by atomic mass is 10.0. The standard InChI is InChI=1S/C27H33N3O3/c1-3-4-7-20(2)27(32)30(17-16-23-18-28-25-9-6-5-8-24(23)25)19-22-12-10-21(11-13-22)14-15-26(31)29-33/h5-6,8-15,18,20,28,33H,3-4,7,16-17,19H2,1-2H3,(H,29,31). The molecule has 33 heavy (non-hydrogen) atoms. The molecule has 0 spiro atoms. The van der Waals surface area contributed by atoms with E-state index in [0.717, 1.165) is 42.3 Å². The van der Waals surface area contributed by atoms with Gasteiger partial charge >= 0.3 is 0 Å². The number of rotatable bonds is 11. The third-order valence-corrected chi connectivity index (χ3v) is 5.94. The van der Waals surface area contributed by atoms with Crippen LogP contribution in [-0.4, -0.2) is 33.5 Å². The fourth-order valence-electron chi connectivity index (χ4n) is 3.97. The van der Waals surface area contributed by atoms with Crippen LogP contribution < -0.4 is 5.48 Å². The van der Waals surface area contributed by atoms with Gasteiger partial charge in [-0.15, -0.1) is 0 Å². The Balaban J connectivity index is 1.73. The second kappa shape index (κ2) is 12.0. The van der Waals surface area contributed by atoms with Crippen molar-refractivity contribution < 1.29 is 14.8 Å². The molecule has 3 rings (SSSR count). The summed E-state index contributed by atoms with van der Waals surface area (Å²) in [6.45, 7) is 5.36. The largest absolute Gasteiger partial charge is 0.361 e. The van der Waals surface area contributed by atoms with E-state index < -0.39 is 5.91 Å². The maximum Gasteiger partial charge on any atom is 0.267 e. The quantitative estimate of drug-likeness (QED) is 0.218. The number of hydrogen-bond acceptors (Lipinski definition) is 3. The van der Waals surface area contributed by atoms with Crippen LogP contribution in [0.25, 0.3) is 17.0 Å². The number of hydroxylamine groups is 1. The van der Waals surface area contributed by atoms with Crippen LogP contribution in [0.4, 0.5) is 0 Å². The minimum absolute atomic E-state index is 0.00730. The normalized spacial score (nSPS) is 12.2. The monoisotopic (exact) mass is 447 g/mol. The number of H-pyrrole nitrogens is 1. The Labute approximate surface area is 195 Å². The fourth-order valence-corrected chi connectivity index (χ4v) is 3.97. The van der Waals surface area contributed by atoms with Crippen molar-refractivity contribution in [1.82, 2.24) is 15.4 Å². The number of aromatic nitrogens is 1. The lowest BCUT2D eigenvalue weighted by Crippen LogP contribution is -2.36. The number of aromatic amines is 1. The van der Waals surface area contributed by atoms with Crippen molar-refractivity contribution in [2.24, 2.45) is 5.92 Å². The minimum atomic E-state index is -0.575. The molecule has 0 fully saturated rings. The van der Waals surface area contributed by atoms with Crippen LogP contribution in [-0.2, 0) is 22.6 Å². The fraction of sp³-hybridized carbons (Fsp3) is 0.333. The van der Waals surface area contributed by atoms with Crippen molar-refractivity contribution in [3.63, 3.8) is 0 Å². The van der Waals surface area contributed by atoms with Gasteiger partial charge in [0.1, 0.15) is 0 Å². The Morgan fingerprint density at radius 1 is 1.15 bits per heavy atom. The molecule has 0 saturated carbocycles. The number of nitrogens with zero attached hydrogens (tertiary/aromatic N) is 1. The van der Waals surface area contributed by atoms with Crippen LogP contribution in [0.2, 0.25) is 0 Å². The first-order valence-corrected chi connectivity index (χ1v) is 11.6. The van der Waals surface area contributed by atoms with E-state index in [1.807, 2.05) is 54.4 Å². The molecule has 3 aromatic rings. The van der Waals surface area contributed by atoms with Gasteiger partial charge in [0.05, 0.1) is 0 Å². The summed E-state index contributed by atoms with van der Waals surface area (Å²) in [5, 5.41) is 9.79. The summed E-state index contributed by atoms with van der Waals surface area (Å²) in [5.41, 5.74) is 5.78. The van der Waals surface area contributed by atoms with Gasteiger partial charge in [-0.1, -0.05) is 69.2 Å². The zero-order chi connectivity index (χ0) is 23.6. The van der Waals surface area contributed by atoms with Gasteiger partial charge in [0.25, 0.3) is 5.91 Å². The average molecular weight is 448 g/mol. The summed E-state index contributed by atoms with van der Waals surface area (Å²) < 4.78 is 0. The molecule has 1 aromatic heterocycles. The van der Waals surface area contributed by atoms with E-state index in [0.29, 0.717) is 13.1 Å². The molecule has 6 heteroatoms. The van der Waals surface area contributed by atoms with Crippen molar-refractivity contribution in [2.45, 2.75) is 46.1 Å². The summed E-state index contributed by atoms with van der Waals surface area (Å²) in [4.78, 5) is 29.7. The van der Waals surface area contributed by atoms with Crippen molar-refractivity contribution in [1.29, 1.82) is 0 Å². The summed E-state index contributed by atoms with van der Waals surface area (Å²) in [6, 6.07) is 16.0. The Kier molecular flexibility index (Phi) is 8.84. The van der Waals surface area contributed by atoms with Crippen molar-refractivity contribution in [3.8, 4) is 0 Å². The van der Waals surface area contributed by atoms with E-state index >= 15 is 0 Å². The molecule has 2 aromatic carbocycles. The second-order valence-corrected chi connectivity index (χ2v) is 8.46. The Hall–Kier alpha value is -3.38. The molecule has 0 aliphatic rings. The molecule has 1 heterocycles. The molecule has 2 amide bonds. The van der Waals surface area contributed by atoms with Gasteiger partial charge in [-0.25, -0.2) is 5.48 Å². The highest BCUT2D eigenvalue weighted by Crippen LogP contribution is 2.20. The molecule has 0 aliphatic carbocycles. The lowest BCUT2D eigenvalue weighted by molar-refractivity contribution is -0.135. The van der Waals surface area contributed by atoms with Gasteiger partial charge < -0.3 is 9.88 Å². The molecule has 0 saturated heterocycles. The highest BCUT2D eigenvalue weighted by molar-refractivity contribution is 5.90. The maximum absolute atomic E-state index is 13.3. The lowest BCUT2D eigenvalue weighted by Gasteiger charge is -2.26. The van der Waals surface area contributed by atoms with Crippen molar-refractivity contribution >= 4 is 28.8 Å². The number of hydrogen-bond donors (Lipinski definition) is 3. The van der Waals surface area contributed by atoms with E-state index in [-0.39, 0.29) is 11.8 Å². The van der Waals surface area contributed by atoms with Gasteiger partial charge in [-0.2, -0.15) is 0 Å². The molecular weight excluding hydrogens is 414 g/mol. The van der Waals surface area contributed by atoms with Crippen LogP contribution in [0.5, 0.6) is 0 Å². The van der Waals surface area contributed by atoms with Gasteiger partial charge in [0, 0.05) is 42.2 Å². The zero-order valence-electron chi connectivity index (χ0n) is 19.4. The number of fused-ring (bicyclic) bond motifs is 1. The number of carbonyl (C=O) groups is 2. The third-order valence-electron chi connectivity index (χ3n) is 5.94. The molecule has 6 nitrogen and oxygen atoms in total. The number of para-hydroxylation sites is 1. The molecule has 0 bridgehead atoms. The van der Waals surface area contributed by atoms with Gasteiger partial charge in [0.15, 0.2) is 0 Å². The topological polar surface area (TPSA) is 85.4 Å². The van der Waals surface area contributed by atoms with Gasteiger partial charge in [-0.3, -0.25) is 14.8 Å². The highest BCUT2D eigenvalue weighted by Gasteiger charge is 2.21. The summed E-state index contributed by atoms with van der Waals surface area (Å²) in [7, 11) is 0. The number of amides is 2. The predicted octanol–water partition coefficient (Wildman–Crippen LogP) is 5.08. The summed E-state index contributed by atoms with van der Waals surface area (Å²) in [5.74, 6) is -0.395. The van der Waals surface area contributed by atoms with E-state index in [9.17, 15) is 9.59 Å². The number of benzene rings is 2. The van der Waals surface area contributed by atoms with Crippen LogP contribution in [0.1, 0.15) is 49.8 Å². The molecule has 1 unspecified atom stereocenters. The van der Waals surface area contributed by atoms with Crippen LogP contribution in [0.15, 0.2) is 60.8 Å². The first-order valence-electron chi connectivity index (χ1n) is 11.6. The van der Waals surface area contributed by atoms with E-state index in [1.54, 1.807) is 11.6 Å². The van der Waals surface area contributed by atoms with E-state index in [1.165, 1.54) is 17.0 Å². The average Bonchev–Trinajstić information content (AvgIpc) is 3.26. The highest BCUT2D eigenvalue weighted by atomic mass is 16.5. The molecule has 0 radical (unpaired) electrons. The van der Waals surface area contributed by atoms with Gasteiger partial charge in [0.2, 0.25) is 5.91 Å². The van der Waals surface area contributed by atoms with Crippen molar-refractivity contribution in [2.75, 3.05) is 6.54 Å². The van der Waals surface area contributed by atoms with E-state index in [4.69, 9.17) is 5.21 Å². The molecule has 0 aliphatic heterocycles. The minimum Gasteiger partial charge on any atom is -0.361 e. The maximum atomic E-state index is 13.3. The van der Waals surface area contributed by atoms with E-state index in [2.05, 4.69) is 24.0 Å². The van der Waals surface area contributed by atoms with Crippen LogP contribution >= 0.6 is 0 Å². The smallest absolute Gasteiger partial charge is 0.267 e. The third kappa shape index (κ3) is 6.80. The molecular formula is C27H33N3O3. The first-order chi connectivity index (χ1) is 16.0. The van der Waals surface area contributed by atoms with Crippen LogP contribution in [0.3, 0.4) is 0 Å². The molecule has 174 valence electrons. The van der Waals surface area contributed by atoms with Gasteiger partial charge in [-0.05, 0) is 41.7 Å². The second-order valence-electron chi connectivity index (χ2n) is 8.46. The number of carbonyl (C=O) groups excluding carboxylic acids is 2. The molecule has 3 N–H and O–H groups in total. The Bertz CT molecular complexity index is 1090. The SMILES string of the molecule is CCCCC(C)C(=O)N(CCc1c[nH]c2ccccc12)Cc1ccc(C=CC(=O)NO)cc1. The van der Waals surface area contributed by atoms with Crippen molar-refractivity contribution in [3.05, 3.63) is 77.5 Å². The summed E-state index contributed by atoms with van der Waals surface area (Å²) in [6.07, 6.45) is 8.74.